The number of aromatic nitrogens is 2. The first-order chi connectivity index (χ1) is 9.45. The van der Waals surface area contributed by atoms with E-state index in [4.69, 9.17) is 0 Å². The Morgan fingerprint density at radius 1 is 1.45 bits per heavy atom. The topological polar surface area (TPSA) is 59.0 Å². The van der Waals surface area contributed by atoms with Gasteiger partial charge in [-0.05, 0) is 39.7 Å². The smallest absolute Gasteiger partial charge is 0.271 e. The lowest BCUT2D eigenvalue weighted by atomic mass is 10.0. The summed E-state index contributed by atoms with van der Waals surface area (Å²) in [6, 6.07) is 1.98. The molecule has 1 saturated carbocycles. The number of nitrogens with zero attached hydrogens (tertiary/aromatic N) is 2. The summed E-state index contributed by atoms with van der Waals surface area (Å²) < 4.78 is 2.03. The summed E-state index contributed by atoms with van der Waals surface area (Å²) in [7, 11) is 0. The standard InChI is InChI=1S/C15H24N4O/c1-15(2,3)19-13(11-4-5-11)6-12(18-19)14(20)17-9-10-7-16-8-10/h6,10-11,16H,4-5,7-9H2,1-3H3,(H,17,20). The van der Waals surface area contributed by atoms with Gasteiger partial charge in [-0.2, -0.15) is 5.10 Å². The van der Waals surface area contributed by atoms with Crippen LogP contribution in [0.1, 0.15) is 55.7 Å². The second-order valence-electron chi connectivity index (χ2n) is 7.05. The summed E-state index contributed by atoms with van der Waals surface area (Å²) in [5.74, 6) is 1.13. The Morgan fingerprint density at radius 3 is 2.65 bits per heavy atom. The van der Waals surface area contributed by atoms with Gasteiger partial charge in [0.2, 0.25) is 0 Å². The third-order valence-electron chi connectivity index (χ3n) is 4.02. The van der Waals surface area contributed by atoms with Gasteiger partial charge >= 0.3 is 0 Å². The third-order valence-corrected chi connectivity index (χ3v) is 4.02. The molecule has 0 atom stereocenters. The van der Waals surface area contributed by atoms with Crippen molar-refractivity contribution in [2.45, 2.75) is 45.1 Å². The number of carbonyl (C=O) groups excluding carboxylic acids is 1. The fraction of sp³-hybridized carbons (Fsp3) is 0.733. The van der Waals surface area contributed by atoms with Crippen molar-refractivity contribution in [2.75, 3.05) is 19.6 Å². The molecule has 0 radical (unpaired) electrons. The SMILES string of the molecule is CC(C)(C)n1nc(C(=O)NCC2CNC2)cc1C1CC1. The van der Waals surface area contributed by atoms with Crippen LogP contribution in [0.15, 0.2) is 6.07 Å². The number of hydrogen-bond donors (Lipinski definition) is 2. The Morgan fingerprint density at radius 2 is 2.15 bits per heavy atom. The van der Waals surface area contributed by atoms with Crippen molar-refractivity contribution in [3.8, 4) is 0 Å². The van der Waals surface area contributed by atoms with Crippen LogP contribution in [0.5, 0.6) is 0 Å². The Bertz CT molecular complexity index is 506. The number of rotatable bonds is 4. The summed E-state index contributed by atoms with van der Waals surface area (Å²) in [6.07, 6.45) is 2.44. The predicted octanol–water partition coefficient (Wildman–Crippen LogP) is 1.46. The number of amides is 1. The normalized spacial score (nSPS) is 19.8. The van der Waals surface area contributed by atoms with Crippen molar-refractivity contribution < 1.29 is 4.79 Å². The molecule has 1 saturated heterocycles. The fourth-order valence-corrected chi connectivity index (χ4v) is 2.53. The molecule has 1 aliphatic carbocycles. The van der Waals surface area contributed by atoms with Crippen molar-refractivity contribution in [1.29, 1.82) is 0 Å². The first-order valence-electron chi connectivity index (χ1n) is 7.54. The summed E-state index contributed by atoms with van der Waals surface area (Å²) in [6.45, 7) is 9.15. The molecule has 5 heteroatoms. The molecule has 2 fully saturated rings. The summed E-state index contributed by atoms with van der Waals surface area (Å²) in [5, 5.41) is 10.8. The van der Waals surface area contributed by atoms with Gasteiger partial charge in [0.15, 0.2) is 0 Å². The van der Waals surface area contributed by atoms with E-state index in [9.17, 15) is 4.79 Å². The van der Waals surface area contributed by atoms with Gasteiger partial charge in [0.25, 0.3) is 5.91 Å². The summed E-state index contributed by atoms with van der Waals surface area (Å²) in [4.78, 5) is 12.2. The zero-order valence-corrected chi connectivity index (χ0v) is 12.6. The maximum atomic E-state index is 12.2. The Balaban J connectivity index is 1.73. The van der Waals surface area contributed by atoms with Gasteiger partial charge in [-0.25, -0.2) is 0 Å². The average Bonchev–Trinajstić information content (AvgIpc) is 3.04. The summed E-state index contributed by atoms with van der Waals surface area (Å²) >= 11 is 0. The zero-order valence-electron chi connectivity index (χ0n) is 12.6. The van der Waals surface area contributed by atoms with Crippen LogP contribution in [0.2, 0.25) is 0 Å². The molecule has 3 rings (SSSR count). The van der Waals surface area contributed by atoms with Crippen LogP contribution >= 0.6 is 0 Å². The Hall–Kier alpha value is -1.36. The second-order valence-corrected chi connectivity index (χ2v) is 7.05. The van der Waals surface area contributed by atoms with Crippen molar-refractivity contribution in [3.05, 3.63) is 17.5 Å². The van der Waals surface area contributed by atoms with Gasteiger partial charge in [0.05, 0.1) is 5.54 Å². The van der Waals surface area contributed by atoms with E-state index in [0.29, 0.717) is 17.5 Å². The zero-order chi connectivity index (χ0) is 14.3. The Kier molecular flexibility index (Phi) is 3.32. The molecule has 0 bridgehead atoms. The van der Waals surface area contributed by atoms with E-state index in [2.05, 4.69) is 36.5 Å². The maximum Gasteiger partial charge on any atom is 0.271 e. The predicted molar refractivity (Wildman–Crippen MR) is 77.9 cm³/mol. The molecule has 1 amide bonds. The minimum absolute atomic E-state index is 0.0400. The van der Waals surface area contributed by atoms with Crippen LogP contribution in [0, 0.1) is 5.92 Å². The van der Waals surface area contributed by atoms with Crippen molar-refractivity contribution in [1.82, 2.24) is 20.4 Å². The van der Waals surface area contributed by atoms with Gasteiger partial charge in [0, 0.05) is 37.2 Å². The first kappa shape index (κ1) is 13.6. The molecule has 20 heavy (non-hydrogen) atoms. The van der Waals surface area contributed by atoms with E-state index >= 15 is 0 Å². The van der Waals surface area contributed by atoms with Crippen LogP contribution in [0.3, 0.4) is 0 Å². The highest BCUT2D eigenvalue weighted by Crippen LogP contribution is 2.41. The van der Waals surface area contributed by atoms with Crippen molar-refractivity contribution >= 4 is 5.91 Å². The first-order valence-corrected chi connectivity index (χ1v) is 7.54. The highest BCUT2D eigenvalue weighted by atomic mass is 16.1. The molecule has 2 N–H and O–H groups in total. The minimum Gasteiger partial charge on any atom is -0.350 e. The third kappa shape index (κ3) is 2.73. The molecule has 2 heterocycles. The number of nitrogens with one attached hydrogen (secondary N) is 2. The molecule has 1 aromatic heterocycles. The molecule has 1 aliphatic heterocycles. The van der Waals surface area contributed by atoms with Gasteiger partial charge in [0.1, 0.15) is 5.69 Å². The van der Waals surface area contributed by atoms with E-state index in [1.807, 2.05) is 10.7 Å². The molecular weight excluding hydrogens is 252 g/mol. The van der Waals surface area contributed by atoms with Crippen molar-refractivity contribution in [2.24, 2.45) is 5.92 Å². The highest BCUT2D eigenvalue weighted by Gasteiger charge is 2.32. The van der Waals surface area contributed by atoms with E-state index in [1.54, 1.807) is 0 Å². The van der Waals surface area contributed by atoms with Crippen molar-refractivity contribution in [3.63, 3.8) is 0 Å². The number of carbonyl (C=O) groups is 1. The van der Waals surface area contributed by atoms with Gasteiger partial charge in [-0.1, -0.05) is 0 Å². The fourth-order valence-electron chi connectivity index (χ4n) is 2.53. The van der Waals surface area contributed by atoms with Gasteiger partial charge in [-0.3, -0.25) is 9.48 Å². The average molecular weight is 276 g/mol. The monoisotopic (exact) mass is 276 g/mol. The lowest BCUT2D eigenvalue weighted by Crippen LogP contribution is -2.48. The molecule has 110 valence electrons. The largest absolute Gasteiger partial charge is 0.350 e. The van der Waals surface area contributed by atoms with E-state index in [0.717, 1.165) is 19.6 Å². The Labute approximate surface area is 120 Å². The van der Waals surface area contributed by atoms with Gasteiger partial charge in [-0.15, -0.1) is 0 Å². The van der Waals surface area contributed by atoms with Gasteiger partial charge < -0.3 is 10.6 Å². The van der Waals surface area contributed by atoms with Crippen LogP contribution in [-0.4, -0.2) is 35.3 Å². The molecule has 0 spiro atoms. The van der Waals surface area contributed by atoms with Crippen LogP contribution in [0.25, 0.3) is 0 Å². The van der Waals surface area contributed by atoms with E-state index < -0.39 is 0 Å². The van der Waals surface area contributed by atoms with Crippen LogP contribution < -0.4 is 10.6 Å². The summed E-state index contributed by atoms with van der Waals surface area (Å²) in [5.41, 5.74) is 1.70. The maximum absolute atomic E-state index is 12.2. The lowest BCUT2D eigenvalue weighted by molar-refractivity contribution is 0.0935. The van der Waals surface area contributed by atoms with Crippen LogP contribution in [-0.2, 0) is 5.54 Å². The molecule has 0 aromatic carbocycles. The highest BCUT2D eigenvalue weighted by molar-refractivity contribution is 5.92. The molecule has 1 aromatic rings. The molecule has 0 unspecified atom stereocenters. The molecular formula is C15H24N4O. The molecule has 2 aliphatic rings. The van der Waals surface area contributed by atoms with E-state index in [-0.39, 0.29) is 11.4 Å². The van der Waals surface area contributed by atoms with E-state index in [1.165, 1.54) is 18.5 Å². The molecule has 5 nitrogen and oxygen atoms in total. The van der Waals surface area contributed by atoms with Crippen LogP contribution in [0.4, 0.5) is 0 Å². The number of hydrogen-bond acceptors (Lipinski definition) is 3. The minimum atomic E-state index is -0.0751. The quantitative estimate of drug-likeness (QED) is 0.875. The lowest BCUT2D eigenvalue weighted by Gasteiger charge is -2.26. The second kappa shape index (κ2) is 4.88.